The van der Waals surface area contributed by atoms with Gasteiger partial charge in [-0.05, 0) is 65.3 Å². The summed E-state index contributed by atoms with van der Waals surface area (Å²) < 4.78 is 55.8. The van der Waals surface area contributed by atoms with Crippen molar-refractivity contribution in [1.29, 1.82) is 0 Å². The highest BCUT2D eigenvalue weighted by Crippen LogP contribution is 2.38. The standard InChI is InChI=1S/C34H30F4N2O/c35-31-15-6-4-11-27(31)21-40(29-19-24-9-1-2-10-25(24)20-29)32(41)22-39-17-16-23-8-3-5-14-30(23)33(39)26-12-7-13-28(18-26)34(36,37)38/h1-15,18,29,33H,16-17,19-22H2. The number of hydrogen-bond acceptors (Lipinski definition) is 2. The van der Waals surface area contributed by atoms with Gasteiger partial charge < -0.3 is 4.90 Å². The van der Waals surface area contributed by atoms with Gasteiger partial charge in [0.15, 0.2) is 0 Å². The second-order valence-electron chi connectivity index (χ2n) is 10.9. The Hall–Kier alpha value is -3.97. The second kappa shape index (κ2) is 11.1. The first-order valence-corrected chi connectivity index (χ1v) is 13.9. The van der Waals surface area contributed by atoms with E-state index >= 15 is 0 Å². The molecule has 3 nitrogen and oxygen atoms in total. The monoisotopic (exact) mass is 558 g/mol. The zero-order valence-corrected chi connectivity index (χ0v) is 22.4. The fourth-order valence-electron chi connectivity index (χ4n) is 6.32. The van der Waals surface area contributed by atoms with Crippen molar-refractivity contribution >= 4 is 5.91 Å². The van der Waals surface area contributed by atoms with Crippen molar-refractivity contribution in [1.82, 2.24) is 9.80 Å². The number of benzene rings is 4. The van der Waals surface area contributed by atoms with Crippen molar-refractivity contribution < 1.29 is 22.4 Å². The lowest BCUT2D eigenvalue weighted by atomic mass is 9.87. The van der Waals surface area contributed by atoms with Crippen LogP contribution in [0.1, 0.15) is 45.0 Å². The molecule has 1 aliphatic heterocycles. The highest BCUT2D eigenvalue weighted by Gasteiger charge is 2.36. The Bertz CT molecular complexity index is 1540. The molecular weight excluding hydrogens is 528 g/mol. The maximum Gasteiger partial charge on any atom is 0.416 e. The fraction of sp³-hybridized carbons (Fsp3) is 0.265. The van der Waals surface area contributed by atoms with E-state index in [1.165, 1.54) is 29.3 Å². The zero-order chi connectivity index (χ0) is 28.6. The molecule has 0 saturated heterocycles. The van der Waals surface area contributed by atoms with Gasteiger partial charge in [-0.15, -0.1) is 0 Å². The summed E-state index contributed by atoms with van der Waals surface area (Å²) >= 11 is 0. The molecule has 1 aliphatic carbocycles. The average molecular weight is 559 g/mol. The summed E-state index contributed by atoms with van der Waals surface area (Å²) in [6.45, 7) is 0.654. The predicted octanol–water partition coefficient (Wildman–Crippen LogP) is 6.99. The Labute approximate surface area is 237 Å². The van der Waals surface area contributed by atoms with Crippen molar-refractivity contribution in [3.8, 4) is 0 Å². The summed E-state index contributed by atoms with van der Waals surface area (Å²) in [6, 6.07) is 27.0. The highest BCUT2D eigenvalue weighted by molar-refractivity contribution is 5.79. The lowest BCUT2D eigenvalue weighted by Gasteiger charge is -2.39. The Balaban J connectivity index is 1.33. The number of amides is 1. The number of nitrogens with zero attached hydrogens (tertiary/aromatic N) is 2. The van der Waals surface area contributed by atoms with Gasteiger partial charge in [-0.25, -0.2) is 4.39 Å². The number of rotatable bonds is 6. The minimum atomic E-state index is -4.47. The molecule has 0 N–H and O–H groups in total. The number of alkyl halides is 3. The molecule has 1 amide bonds. The van der Waals surface area contributed by atoms with Crippen LogP contribution in [0.25, 0.3) is 0 Å². The van der Waals surface area contributed by atoms with Gasteiger partial charge in [-0.2, -0.15) is 13.2 Å². The first-order valence-electron chi connectivity index (χ1n) is 13.9. The van der Waals surface area contributed by atoms with E-state index < -0.39 is 17.8 Å². The number of carbonyl (C=O) groups is 1. The van der Waals surface area contributed by atoms with Gasteiger partial charge in [0, 0.05) is 24.7 Å². The first kappa shape index (κ1) is 27.2. The Kier molecular flexibility index (Phi) is 7.39. The Morgan fingerprint density at radius 1 is 0.829 bits per heavy atom. The van der Waals surface area contributed by atoms with Gasteiger partial charge in [0.2, 0.25) is 5.91 Å². The Morgan fingerprint density at radius 3 is 2.20 bits per heavy atom. The molecule has 0 fully saturated rings. The summed E-state index contributed by atoms with van der Waals surface area (Å²) in [5.41, 5.74) is 4.54. The molecule has 210 valence electrons. The van der Waals surface area contributed by atoms with Gasteiger partial charge in [0.05, 0.1) is 18.2 Å². The maximum atomic E-state index is 14.8. The fourth-order valence-corrected chi connectivity index (χ4v) is 6.32. The molecule has 1 unspecified atom stereocenters. The van der Waals surface area contributed by atoms with Crippen molar-refractivity contribution in [2.45, 2.75) is 44.1 Å². The SMILES string of the molecule is O=C(CN1CCc2ccccc2C1c1cccc(C(F)(F)F)c1)N(Cc1ccccc1F)C1Cc2ccccc2C1. The van der Waals surface area contributed by atoms with Gasteiger partial charge >= 0.3 is 6.18 Å². The summed E-state index contributed by atoms with van der Waals surface area (Å²) in [7, 11) is 0. The van der Waals surface area contributed by atoms with E-state index in [4.69, 9.17) is 0 Å². The molecule has 1 heterocycles. The van der Waals surface area contributed by atoms with Crippen LogP contribution >= 0.6 is 0 Å². The van der Waals surface area contributed by atoms with Crippen molar-refractivity contribution in [3.63, 3.8) is 0 Å². The van der Waals surface area contributed by atoms with Crippen LogP contribution in [0, 0.1) is 5.82 Å². The molecule has 4 aromatic carbocycles. The third-order valence-corrected chi connectivity index (χ3v) is 8.34. The molecule has 0 spiro atoms. The molecule has 0 radical (unpaired) electrons. The van der Waals surface area contributed by atoms with Gasteiger partial charge in [0.1, 0.15) is 5.82 Å². The number of fused-ring (bicyclic) bond motifs is 2. The quantitative estimate of drug-likeness (QED) is 0.238. The summed E-state index contributed by atoms with van der Waals surface area (Å²) in [6.07, 6.45) is -2.44. The third-order valence-electron chi connectivity index (χ3n) is 8.34. The predicted molar refractivity (Wildman–Crippen MR) is 150 cm³/mol. The molecule has 41 heavy (non-hydrogen) atoms. The maximum absolute atomic E-state index is 14.8. The van der Waals surface area contributed by atoms with E-state index in [0.29, 0.717) is 36.9 Å². The van der Waals surface area contributed by atoms with Gasteiger partial charge in [-0.1, -0.05) is 78.9 Å². The molecule has 2 aliphatic rings. The van der Waals surface area contributed by atoms with E-state index in [9.17, 15) is 22.4 Å². The first-order chi connectivity index (χ1) is 19.8. The van der Waals surface area contributed by atoms with Crippen LogP contribution in [0.5, 0.6) is 0 Å². The largest absolute Gasteiger partial charge is 0.416 e. The van der Waals surface area contributed by atoms with Crippen LogP contribution in [0.15, 0.2) is 97.1 Å². The van der Waals surface area contributed by atoms with E-state index in [0.717, 1.165) is 17.2 Å². The van der Waals surface area contributed by atoms with Crippen molar-refractivity contribution in [3.05, 3.63) is 142 Å². The third kappa shape index (κ3) is 5.64. The van der Waals surface area contributed by atoms with Gasteiger partial charge in [0.25, 0.3) is 0 Å². The molecule has 0 saturated carbocycles. The van der Waals surface area contributed by atoms with Crippen molar-refractivity contribution in [2.24, 2.45) is 0 Å². The van der Waals surface area contributed by atoms with Crippen LogP contribution in [0.4, 0.5) is 17.6 Å². The van der Waals surface area contributed by atoms with Crippen LogP contribution in [0.3, 0.4) is 0 Å². The average Bonchev–Trinajstić information content (AvgIpc) is 3.40. The second-order valence-corrected chi connectivity index (χ2v) is 10.9. The van der Waals surface area contributed by atoms with Gasteiger partial charge in [-0.3, -0.25) is 9.69 Å². The minimum absolute atomic E-state index is 0.0105. The minimum Gasteiger partial charge on any atom is -0.333 e. The zero-order valence-electron chi connectivity index (χ0n) is 22.4. The smallest absolute Gasteiger partial charge is 0.333 e. The topological polar surface area (TPSA) is 23.6 Å². The lowest BCUT2D eigenvalue weighted by molar-refractivity contribution is -0.138. The van der Waals surface area contributed by atoms with E-state index in [2.05, 4.69) is 12.1 Å². The molecule has 6 rings (SSSR count). The summed E-state index contributed by atoms with van der Waals surface area (Å²) in [5, 5.41) is 0. The lowest BCUT2D eigenvalue weighted by Crippen LogP contribution is -2.48. The van der Waals surface area contributed by atoms with E-state index in [-0.39, 0.29) is 30.9 Å². The Morgan fingerprint density at radius 2 is 1.49 bits per heavy atom. The molecule has 1 atom stereocenters. The molecular formula is C34H30F4N2O. The van der Waals surface area contributed by atoms with Crippen LogP contribution in [0.2, 0.25) is 0 Å². The molecule has 0 aromatic heterocycles. The highest BCUT2D eigenvalue weighted by atomic mass is 19.4. The number of hydrogen-bond donors (Lipinski definition) is 0. The van der Waals surface area contributed by atoms with Crippen LogP contribution < -0.4 is 0 Å². The van der Waals surface area contributed by atoms with E-state index in [1.807, 2.05) is 41.3 Å². The number of carbonyl (C=O) groups excluding carboxylic acids is 1. The normalized spacial score (nSPS) is 17.2. The van der Waals surface area contributed by atoms with Crippen LogP contribution in [-0.2, 0) is 36.8 Å². The molecule has 0 bridgehead atoms. The molecule has 7 heteroatoms. The summed E-state index contributed by atoms with van der Waals surface area (Å²) in [4.78, 5) is 17.9. The number of halogens is 4. The van der Waals surface area contributed by atoms with Crippen LogP contribution in [-0.4, -0.2) is 34.8 Å². The van der Waals surface area contributed by atoms with E-state index in [1.54, 1.807) is 29.2 Å². The molecule has 4 aromatic rings. The summed E-state index contributed by atoms with van der Waals surface area (Å²) in [5.74, 6) is -0.531. The van der Waals surface area contributed by atoms with Crippen molar-refractivity contribution in [2.75, 3.05) is 13.1 Å².